The van der Waals surface area contributed by atoms with Crippen molar-refractivity contribution >= 4 is 33.3 Å². The zero-order chi connectivity index (χ0) is 13.2. The summed E-state index contributed by atoms with van der Waals surface area (Å²) < 4.78 is 1.07. The lowest BCUT2D eigenvalue weighted by molar-refractivity contribution is 0.483. The molecule has 94 valence electrons. The van der Waals surface area contributed by atoms with Gasteiger partial charge in [-0.05, 0) is 31.2 Å². The van der Waals surface area contributed by atoms with Gasteiger partial charge in [-0.15, -0.1) is 11.3 Å². The van der Waals surface area contributed by atoms with Crippen LogP contribution in [0, 0.1) is 6.92 Å². The van der Waals surface area contributed by atoms with Gasteiger partial charge in [-0.2, -0.15) is 0 Å². The molecular formula is C16H13NOS. The fourth-order valence-electron chi connectivity index (χ4n) is 1.90. The molecule has 0 unspecified atom stereocenters. The third kappa shape index (κ3) is 2.37. The summed E-state index contributed by atoms with van der Waals surface area (Å²) in [6, 6.07) is 15.8. The zero-order valence-corrected chi connectivity index (χ0v) is 11.3. The molecule has 1 heterocycles. The fraction of sp³-hybridized carbons (Fsp3) is 0.0625. The Labute approximate surface area is 115 Å². The molecule has 0 bridgehead atoms. The molecule has 1 N–H and O–H groups in total. The van der Waals surface area contributed by atoms with Gasteiger partial charge in [0.2, 0.25) is 0 Å². The van der Waals surface area contributed by atoms with E-state index >= 15 is 0 Å². The molecule has 3 rings (SSSR count). The number of fused-ring (bicyclic) bond motifs is 1. The predicted molar refractivity (Wildman–Crippen MR) is 81.9 cm³/mol. The number of benzene rings is 2. The Morgan fingerprint density at radius 3 is 2.53 bits per heavy atom. The SMILES string of the molecule is Cc1ccc(N=Cc2sc3ccccc3c2O)cc1. The van der Waals surface area contributed by atoms with Crippen LogP contribution in [0.2, 0.25) is 0 Å². The fourth-order valence-corrected chi connectivity index (χ4v) is 2.87. The standard InChI is InChI=1S/C16H13NOS/c1-11-6-8-12(9-7-11)17-10-15-16(18)13-4-2-3-5-14(13)19-15/h2-10,18H,1H3. The van der Waals surface area contributed by atoms with Gasteiger partial charge in [-0.25, -0.2) is 0 Å². The summed E-state index contributed by atoms with van der Waals surface area (Å²) in [6.07, 6.45) is 1.73. The maximum atomic E-state index is 10.1. The highest BCUT2D eigenvalue weighted by molar-refractivity contribution is 7.21. The second kappa shape index (κ2) is 4.86. The quantitative estimate of drug-likeness (QED) is 0.673. The first-order valence-corrected chi connectivity index (χ1v) is 6.87. The second-order valence-electron chi connectivity index (χ2n) is 4.40. The van der Waals surface area contributed by atoms with Crippen molar-refractivity contribution in [2.24, 2.45) is 4.99 Å². The summed E-state index contributed by atoms with van der Waals surface area (Å²) in [7, 11) is 0. The lowest BCUT2D eigenvalue weighted by Crippen LogP contribution is -1.75. The molecule has 0 radical (unpaired) electrons. The smallest absolute Gasteiger partial charge is 0.142 e. The van der Waals surface area contributed by atoms with Gasteiger partial charge in [0.25, 0.3) is 0 Å². The van der Waals surface area contributed by atoms with Crippen LogP contribution in [-0.4, -0.2) is 11.3 Å². The van der Waals surface area contributed by atoms with E-state index in [4.69, 9.17) is 0 Å². The van der Waals surface area contributed by atoms with E-state index in [1.807, 2.05) is 55.5 Å². The average Bonchev–Trinajstić information content (AvgIpc) is 2.76. The third-order valence-corrected chi connectivity index (χ3v) is 4.05. The minimum Gasteiger partial charge on any atom is -0.506 e. The number of rotatable bonds is 2. The van der Waals surface area contributed by atoms with Gasteiger partial charge in [-0.1, -0.05) is 29.8 Å². The maximum Gasteiger partial charge on any atom is 0.142 e. The number of aromatic hydroxyl groups is 1. The summed E-state index contributed by atoms with van der Waals surface area (Å²) in [5.74, 6) is 0.316. The first kappa shape index (κ1) is 11.9. The van der Waals surface area contributed by atoms with Crippen LogP contribution in [0.25, 0.3) is 10.1 Å². The molecule has 0 saturated heterocycles. The van der Waals surface area contributed by atoms with Gasteiger partial charge in [0.05, 0.1) is 10.6 Å². The molecule has 3 heteroatoms. The van der Waals surface area contributed by atoms with Crippen molar-refractivity contribution in [3.63, 3.8) is 0 Å². The summed E-state index contributed by atoms with van der Waals surface area (Å²) in [5.41, 5.74) is 2.10. The largest absolute Gasteiger partial charge is 0.506 e. The van der Waals surface area contributed by atoms with Gasteiger partial charge in [-0.3, -0.25) is 4.99 Å². The molecule has 3 aromatic rings. The molecule has 0 spiro atoms. The van der Waals surface area contributed by atoms with Gasteiger partial charge in [0, 0.05) is 16.3 Å². The van der Waals surface area contributed by atoms with Crippen molar-refractivity contribution in [2.75, 3.05) is 0 Å². The highest BCUT2D eigenvalue weighted by atomic mass is 32.1. The summed E-state index contributed by atoms with van der Waals surface area (Å²) >= 11 is 1.55. The van der Waals surface area contributed by atoms with Gasteiger partial charge < -0.3 is 5.11 Å². The molecule has 0 amide bonds. The molecule has 2 aromatic carbocycles. The molecule has 1 aromatic heterocycles. The van der Waals surface area contributed by atoms with Crippen LogP contribution >= 0.6 is 11.3 Å². The van der Waals surface area contributed by atoms with Crippen LogP contribution in [-0.2, 0) is 0 Å². The molecule has 2 nitrogen and oxygen atoms in total. The molecule has 0 fully saturated rings. The van der Waals surface area contributed by atoms with E-state index < -0.39 is 0 Å². The zero-order valence-electron chi connectivity index (χ0n) is 10.5. The number of hydrogen-bond acceptors (Lipinski definition) is 3. The Hall–Kier alpha value is -2.13. The van der Waals surface area contributed by atoms with Crippen molar-refractivity contribution < 1.29 is 5.11 Å². The number of thiophene rings is 1. The van der Waals surface area contributed by atoms with Crippen LogP contribution in [0.4, 0.5) is 5.69 Å². The first-order valence-electron chi connectivity index (χ1n) is 6.05. The van der Waals surface area contributed by atoms with Crippen molar-refractivity contribution in [1.82, 2.24) is 0 Å². The van der Waals surface area contributed by atoms with E-state index in [1.165, 1.54) is 5.56 Å². The van der Waals surface area contributed by atoms with E-state index in [0.29, 0.717) is 5.75 Å². The Kier molecular flexibility index (Phi) is 3.05. The second-order valence-corrected chi connectivity index (χ2v) is 5.49. The number of aliphatic imine (C=N–C) groups is 1. The summed E-state index contributed by atoms with van der Waals surface area (Å²) in [4.78, 5) is 5.19. The van der Waals surface area contributed by atoms with E-state index in [2.05, 4.69) is 4.99 Å². The third-order valence-electron chi connectivity index (χ3n) is 2.96. The first-order chi connectivity index (χ1) is 9.24. The van der Waals surface area contributed by atoms with E-state index in [-0.39, 0.29) is 0 Å². The van der Waals surface area contributed by atoms with Crippen LogP contribution in [0.15, 0.2) is 53.5 Å². The number of hydrogen-bond donors (Lipinski definition) is 1. The topological polar surface area (TPSA) is 32.6 Å². The maximum absolute atomic E-state index is 10.1. The van der Waals surface area contributed by atoms with Gasteiger partial charge in [0.1, 0.15) is 5.75 Å². The Balaban J connectivity index is 1.97. The number of nitrogens with zero attached hydrogens (tertiary/aromatic N) is 1. The van der Waals surface area contributed by atoms with Crippen molar-refractivity contribution in [3.8, 4) is 5.75 Å². The van der Waals surface area contributed by atoms with Crippen LogP contribution in [0.3, 0.4) is 0 Å². The molecule has 0 atom stereocenters. The molecule has 0 aliphatic heterocycles. The minimum absolute atomic E-state index is 0.316. The molecule has 19 heavy (non-hydrogen) atoms. The van der Waals surface area contributed by atoms with Crippen molar-refractivity contribution in [2.45, 2.75) is 6.92 Å². The van der Waals surface area contributed by atoms with E-state index in [0.717, 1.165) is 20.7 Å². The lowest BCUT2D eigenvalue weighted by Gasteiger charge is -1.94. The Morgan fingerprint density at radius 1 is 1.05 bits per heavy atom. The molecule has 0 aliphatic carbocycles. The summed E-state index contributed by atoms with van der Waals surface area (Å²) in [5, 5.41) is 11.0. The Bertz CT molecular complexity index is 741. The average molecular weight is 267 g/mol. The monoisotopic (exact) mass is 267 g/mol. The molecule has 0 saturated carbocycles. The van der Waals surface area contributed by atoms with Gasteiger partial charge in [0.15, 0.2) is 0 Å². The summed E-state index contributed by atoms with van der Waals surface area (Å²) in [6.45, 7) is 2.05. The molecule has 0 aliphatic rings. The normalized spacial score (nSPS) is 11.4. The predicted octanol–water partition coefficient (Wildman–Crippen LogP) is 4.67. The van der Waals surface area contributed by atoms with Crippen molar-refractivity contribution in [1.29, 1.82) is 0 Å². The lowest BCUT2D eigenvalue weighted by atomic mass is 10.2. The van der Waals surface area contributed by atoms with Crippen LogP contribution in [0.1, 0.15) is 10.4 Å². The highest BCUT2D eigenvalue weighted by Gasteiger charge is 2.08. The van der Waals surface area contributed by atoms with Crippen LogP contribution < -0.4 is 0 Å². The van der Waals surface area contributed by atoms with E-state index in [9.17, 15) is 5.11 Å². The van der Waals surface area contributed by atoms with Crippen LogP contribution in [0.5, 0.6) is 5.75 Å². The van der Waals surface area contributed by atoms with Gasteiger partial charge >= 0.3 is 0 Å². The Morgan fingerprint density at radius 2 is 1.79 bits per heavy atom. The number of aryl methyl sites for hydroxylation is 1. The van der Waals surface area contributed by atoms with Crippen molar-refractivity contribution in [3.05, 3.63) is 59.0 Å². The van der Waals surface area contributed by atoms with E-state index in [1.54, 1.807) is 17.6 Å². The highest BCUT2D eigenvalue weighted by Crippen LogP contribution is 2.35. The molecular weight excluding hydrogens is 254 g/mol. The minimum atomic E-state index is 0.316.